The second kappa shape index (κ2) is 5.52. The number of β-amino-alcohol motifs (C(OH)–C–C–N with tert-alkyl or cyclic N) is 1. The molecule has 1 aromatic carbocycles. The Labute approximate surface area is 103 Å². The van der Waals surface area contributed by atoms with Crippen molar-refractivity contribution in [3.63, 3.8) is 0 Å². The second-order valence-electron chi connectivity index (χ2n) is 4.72. The molecule has 1 fully saturated rings. The largest absolute Gasteiger partial charge is 0.391 e. The topological polar surface area (TPSA) is 43.7 Å². The van der Waals surface area contributed by atoms with Gasteiger partial charge in [-0.15, -0.1) is 0 Å². The molecule has 0 radical (unpaired) electrons. The summed E-state index contributed by atoms with van der Waals surface area (Å²) in [5, 5.41) is 19.7. The van der Waals surface area contributed by atoms with E-state index >= 15 is 0 Å². The van der Waals surface area contributed by atoms with E-state index in [1.165, 1.54) is 0 Å². The van der Waals surface area contributed by atoms with Crippen molar-refractivity contribution in [2.24, 2.45) is 0 Å². The standard InChI is InChI=1S/C14H21NO2/c1-2-14(17)12-7-3-4-8-13(12)15-9-5-6-11(16)10-15/h3-4,7-8,11,14,16-17H,2,5-6,9-10H2,1H3/t11?,14-/m1/s1. The minimum absolute atomic E-state index is 0.240. The highest BCUT2D eigenvalue weighted by molar-refractivity contribution is 5.55. The van der Waals surface area contributed by atoms with Gasteiger partial charge < -0.3 is 15.1 Å². The van der Waals surface area contributed by atoms with Gasteiger partial charge in [0.05, 0.1) is 12.2 Å². The lowest BCUT2D eigenvalue weighted by Gasteiger charge is -2.34. The molecular weight excluding hydrogens is 214 g/mol. The Morgan fingerprint density at radius 3 is 2.88 bits per heavy atom. The zero-order valence-electron chi connectivity index (χ0n) is 10.3. The van der Waals surface area contributed by atoms with Crippen LogP contribution < -0.4 is 4.90 Å². The number of piperidine rings is 1. The van der Waals surface area contributed by atoms with Crippen molar-refractivity contribution >= 4 is 5.69 Å². The number of benzene rings is 1. The van der Waals surface area contributed by atoms with Crippen LogP contribution in [0.1, 0.15) is 37.9 Å². The highest BCUT2D eigenvalue weighted by atomic mass is 16.3. The van der Waals surface area contributed by atoms with Crippen LogP contribution in [0.25, 0.3) is 0 Å². The quantitative estimate of drug-likeness (QED) is 0.843. The average Bonchev–Trinajstić information content (AvgIpc) is 2.38. The molecule has 1 saturated heterocycles. The number of aliphatic hydroxyl groups excluding tert-OH is 2. The Kier molecular flexibility index (Phi) is 4.02. The van der Waals surface area contributed by atoms with Crippen molar-refractivity contribution in [1.82, 2.24) is 0 Å². The molecule has 1 heterocycles. The first kappa shape index (κ1) is 12.4. The molecule has 1 aliphatic heterocycles. The first-order valence-electron chi connectivity index (χ1n) is 6.42. The third kappa shape index (κ3) is 2.79. The van der Waals surface area contributed by atoms with E-state index in [4.69, 9.17) is 0 Å². The van der Waals surface area contributed by atoms with Gasteiger partial charge in [-0.2, -0.15) is 0 Å². The smallest absolute Gasteiger partial charge is 0.0807 e. The first-order valence-corrected chi connectivity index (χ1v) is 6.42. The molecule has 1 aliphatic rings. The van der Waals surface area contributed by atoms with Crippen LogP contribution in [0.4, 0.5) is 5.69 Å². The maximum Gasteiger partial charge on any atom is 0.0807 e. The zero-order valence-corrected chi connectivity index (χ0v) is 10.3. The molecule has 3 nitrogen and oxygen atoms in total. The summed E-state index contributed by atoms with van der Waals surface area (Å²) < 4.78 is 0. The number of para-hydroxylation sites is 1. The van der Waals surface area contributed by atoms with Crippen LogP contribution >= 0.6 is 0 Å². The van der Waals surface area contributed by atoms with E-state index in [0.717, 1.165) is 30.6 Å². The summed E-state index contributed by atoms with van der Waals surface area (Å²) in [6, 6.07) is 7.96. The highest BCUT2D eigenvalue weighted by Gasteiger charge is 2.21. The molecule has 17 heavy (non-hydrogen) atoms. The van der Waals surface area contributed by atoms with Crippen LogP contribution in [0, 0.1) is 0 Å². The molecule has 0 aromatic heterocycles. The second-order valence-corrected chi connectivity index (χ2v) is 4.72. The van der Waals surface area contributed by atoms with Gasteiger partial charge in [0, 0.05) is 24.3 Å². The molecular formula is C14H21NO2. The van der Waals surface area contributed by atoms with Crippen LogP contribution in [-0.2, 0) is 0 Å². The van der Waals surface area contributed by atoms with Gasteiger partial charge in [0.2, 0.25) is 0 Å². The van der Waals surface area contributed by atoms with E-state index in [1.54, 1.807) is 0 Å². The van der Waals surface area contributed by atoms with E-state index in [-0.39, 0.29) is 6.10 Å². The molecule has 2 N–H and O–H groups in total. The summed E-state index contributed by atoms with van der Waals surface area (Å²) >= 11 is 0. The molecule has 2 atom stereocenters. The van der Waals surface area contributed by atoms with Crippen molar-refractivity contribution < 1.29 is 10.2 Å². The van der Waals surface area contributed by atoms with Crippen molar-refractivity contribution in [2.45, 2.75) is 38.4 Å². The normalized spacial score (nSPS) is 22.5. The molecule has 3 heteroatoms. The van der Waals surface area contributed by atoms with Crippen LogP contribution in [0.5, 0.6) is 0 Å². The predicted molar refractivity (Wildman–Crippen MR) is 69.1 cm³/mol. The molecule has 1 aromatic rings. The monoisotopic (exact) mass is 235 g/mol. The van der Waals surface area contributed by atoms with Gasteiger partial charge >= 0.3 is 0 Å². The number of hydrogen-bond acceptors (Lipinski definition) is 3. The third-order valence-electron chi connectivity index (χ3n) is 3.42. The lowest BCUT2D eigenvalue weighted by molar-refractivity contribution is 0.152. The van der Waals surface area contributed by atoms with Crippen LogP contribution in [-0.4, -0.2) is 29.4 Å². The number of nitrogens with zero attached hydrogens (tertiary/aromatic N) is 1. The fourth-order valence-corrected chi connectivity index (χ4v) is 2.45. The Balaban J connectivity index is 2.24. The summed E-state index contributed by atoms with van der Waals surface area (Å²) in [4.78, 5) is 2.18. The summed E-state index contributed by atoms with van der Waals surface area (Å²) in [5.41, 5.74) is 2.05. The van der Waals surface area contributed by atoms with Crippen LogP contribution in [0.15, 0.2) is 24.3 Å². The molecule has 0 spiro atoms. The number of rotatable bonds is 3. The SMILES string of the molecule is CC[C@@H](O)c1ccccc1N1CCCC(O)C1. The minimum atomic E-state index is -0.412. The molecule has 2 rings (SSSR count). The number of aliphatic hydroxyl groups is 2. The van der Waals surface area contributed by atoms with E-state index in [0.29, 0.717) is 13.0 Å². The lowest BCUT2D eigenvalue weighted by Crippen LogP contribution is -2.38. The number of hydrogen-bond donors (Lipinski definition) is 2. The lowest BCUT2D eigenvalue weighted by atomic mass is 10.0. The van der Waals surface area contributed by atoms with Crippen molar-refractivity contribution in [1.29, 1.82) is 0 Å². The summed E-state index contributed by atoms with van der Waals surface area (Å²) in [6.07, 6.45) is 1.96. The van der Waals surface area contributed by atoms with E-state index in [2.05, 4.69) is 4.90 Å². The fourth-order valence-electron chi connectivity index (χ4n) is 2.45. The molecule has 94 valence electrons. The van der Waals surface area contributed by atoms with Crippen molar-refractivity contribution in [3.8, 4) is 0 Å². The zero-order chi connectivity index (χ0) is 12.3. The van der Waals surface area contributed by atoms with E-state index in [1.807, 2.05) is 31.2 Å². The maximum atomic E-state index is 10.0. The Morgan fingerprint density at radius 1 is 1.41 bits per heavy atom. The van der Waals surface area contributed by atoms with Gasteiger partial charge in [0.15, 0.2) is 0 Å². The maximum absolute atomic E-state index is 10.0. The average molecular weight is 235 g/mol. The van der Waals surface area contributed by atoms with Gasteiger partial charge in [0.1, 0.15) is 0 Å². The molecule has 0 saturated carbocycles. The van der Waals surface area contributed by atoms with Gasteiger partial charge in [-0.1, -0.05) is 25.1 Å². The molecule has 1 unspecified atom stereocenters. The van der Waals surface area contributed by atoms with Crippen molar-refractivity contribution in [3.05, 3.63) is 29.8 Å². The Hall–Kier alpha value is -1.06. The molecule has 0 aliphatic carbocycles. The van der Waals surface area contributed by atoms with Gasteiger partial charge in [-0.05, 0) is 25.3 Å². The summed E-state index contributed by atoms with van der Waals surface area (Å²) in [5.74, 6) is 0. The van der Waals surface area contributed by atoms with Gasteiger partial charge in [-0.3, -0.25) is 0 Å². The Morgan fingerprint density at radius 2 is 2.18 bits per heavy atom. The minimum Gasteiger partial charge on any atom is -0.391 e. The summed E-state index contributed by atoms with van der Waals surface area (Å²) in [7, 11) is 0. The molecule has 0 bridgehead atoms. The first-order chi connectivity index (χ1) is 8.22. The van der Waals surface area contributed by atoms with E-state index < -0.39 is 6.10 Å². The van der Waals surface area contributed by atoms with Gasteiger partial charge in [-0.25, -0.2) is 0 Å². The van der Waals surface area contributed by atoms with Gasteiger partial charge in [0.25, 0.3) is 0 Å². The fraction of sp³-hybridized carbons (Fsp3) is 0.571. The predicted octanol–water partition coefficient (Wildman–Crippen LogP) is 2.09. The number of anilines is 1. The van der Waals surface area contributed by atoms with Crippen LogP contribution in [0.3, 0.4) is 0 Å². The highest BCUT2D eigenvalue weighted by Crippen LogP contribution is 2.29. The summed E-state index contributed by atoms with van der Waals surface area (Å²) in [6.45, 7) is 3.62. The van der Waals surface area contributed by atoms with Crippen molar-refractivity contribution in [2.75, 3.05) is 18.0 Å². The Bertz CT molecular complexity index is 367. The van der Waals surface area contributed by atoms with E-state index in [9.17, 15) is 10.2 Å². The molecule has 0 amide bonds. The third-order valence-corrected chi connectivity index (χ3v) is 3.42. The van der Waals surface area contributed by atoms with Crippen LogP contribution in [0.2, 0.25) is 0 Å².